The van der Waals surface area contributed by atoms with Gasteiger partial charge in [-0.2, -0.15) is 0 Å². The van der Waals surface area contributed by atoms with Gasteiger partial charge in [-0.15, -0.1) is 0 Å². The molecule has 0 saturated heterocycles. The van der Waals surface area contributed by atoms with Gasteiger partial charge in [0, 0.05) is 18.8 Å². The van der Waals surface area contributed by atoms with Crippen molar-refractivity contribution in [1.29, 1.82) is 0 Å². The normalized spacial score (nSPS) is 11.6. The van der Waals surface area contributed by atoms with Gasteiger partial charge in [0.15, 0.2) is 5.96 Å². The Morgan fingerprint density at radius 2 is 1.94 bits per heavy atom. The molecule has 0 fully saturated rings. The first-order valence-electron chi connectivity index (χ1n) is 5.52. The Balaban J connectivity index is 2.85. The largest absolute Gasteiger partial charge is 0.370 e. The third-order valence-corrected chi connectivity index (χ3v) is 2.23. The average molecular weight is 223 g/mol. The van der Waals surface area contributed by atoms with Crippen molar-refractivity contribution in [2.75, 3.05) is 18.0 Å². The maximum atomic E-state index is 12.8. The van der Waals surface area contributed by atoms with Crippen molar-refractivity contribution in [2.24, 2.45) is 10.7 Å². The number of nitrogens with zero attached hydrogens (tertiary/aromatic N) is 2. The summed E-state index contributed by atoms with van der Waals surface area (Å²) in [6, 6.07) is 6.25. The molecule has 0 aliphatic rings. The number of hydrogen-bond acceptors (Lipinski definition) is 1. The lowest BCUT2D eigenvalue weighted by molar-refractivity contribution is 0.628. The minimum Gasteiger partial charge on any atom is -0.370 e. The van der Waals surface area contributed by atoms with E-state index in [1.54, 1.807) is 12.1 Å². The maximum absolute atomic E-state index is 12.8. The fraction of sp³-hybridized carbons (Fsp3) is 0.417. The molecule has 0 unspecified atom stereocenters. The third kappa shape index (κ3) is 3.22. The fourth-order valence-electron chi connectivity index (χ4n) is 1.41. The number of anilines is 1. The molecule has 2 N–H and O–H groups in total. The van der Waals surface area contributed by atoms with E-state index in [9.17, 15) is 4.39 Å². The van der Waals surface area contributed by atoms with Gasteiger partial charge in [0.2, 0.25) is 0 Å². The standard InChI is InChI=1S/C12H18FN3/c1-3-9-15-12(14)16(4-2)11-7-5-10(13)6-8-11/h5-8H,3-4,9H2,1-2H3,(H2,14,15). The van der Waals surface area contributed by atoms with Crippen LogP contribution in [-0.4, -0.2) is 19.0 Å². The van der Waals surface area contributed by atoms with Gasteiger partial charge in [-0.05, 0) is 37.6 Å². The van der Waals surface area contributed by atoms with Crippen LogP contribution in [0.5, 0.6) is 0 Å². The Hall–Kier alpha value is -1.58. The van der Waals surface area contributed by atoms with Crippen LogP contribution in [0.25, 0.3) is 0 Å². The molecular weight excluding hydrogens is 205 g/mol. The van der Waals surface area contributed by atoms with Crippen LogP contribution in [0.2, 0.25) is 0 Å². The molecule has 1 rings (SSSR count). The summed E-state index contributed by atoms with van der Waals surface area (Å²) in [5, 5.41) is 0. The maximum Gasteiger partial charge on any atom is 0.195 e. The second-order valence-corrected chi connectivity index (χ2v) is 3.46. The molecule has 3 nitrogen and oxygen atoms in total. The zero-order chi connectivity index (χ0) is 12.0. The average Bonchev–Trinajstić information content (AvgIpc) is 2.30. The van der Waals surface area contributed by atoms with Crippen molar-refractivity contribution in [2.45, 2.75) is 20.3 Å². The van der Waals surface area contributed by atoms with Gasteiger partial charge in [-0.3, -0.25) is 4.99 Å². The molecule has 0 aliphatic carbocycles. The van der Waals surface area contributed by atoms with E-state index in [1.165, 1.54) is 12.1 Å². The summed E-state index contributed by atoms with van der Waals surface area (Å²) in [5.74, 6) is 0.236. The van der Waals surface area contributed by atoms with E-state index < -0.39 is 0 Å². The highest BCUT2D eigenvalue weighted by Crippen LogP contribution is 2.14. The lowest BCUT2D eigenvalue weighted by Crippen LogP contribution is -2.37. The summed E-state index contributed by atoms with van der Waals surface area (Å²) in [5.41, 5.74) is 6.73. The smallest absolute Gasteiger partial charge is 0.195 e. The van der Waals surface area contributed by atoms with E-state index >= 15 is 0 Å². The zero-order valence-corrected chi connectivity index (χ0v) is 9.78. The molecule has 0 radical (unpaired) electrons. The first-order valence-corrected chi connectivity index (χ1v) is 5.52. The van der Waals surface area contributed by atoms with E-state index in [1.807, 2.05) is 18.7 Å². The Morgan fingerprint density at radius 3 is 2.44 bits per heavy atom. The van der Waals surface area contributed by atoms with E-state index in [0.717, 1.165) is 12.1 Å². The second kappa shape index (κ2) is 6.10. The monoisotopic (exact) mass is 223 g/mol. The topological polar surface area (TPSA) is 41.6 Å². The molecule has 0 bridgehead atoms. The van der Waals surface area contributed by atoms with Crippen LogP contribution >= 0.6 is 0 Å². The molecule has 0 aliphatic heterocycles. The Morgan fingerprint density at radius 1 is 1.31 bits per heavy atom. The van der Waals surface area contributed by atoms with Gasteiger partial charge in [0.25, 0.3) is 0 Å². The van der Waals surface area contributed by atoms with Crippen LogP contribution in [0, 0.1) is 5.82 Å². The van der Waals surface area contributed by atoms with Crippen LogP contribution in [0.1, 0.15) is 20.3 Å². The highest BCUT2D eigenvalue weighted by molar-refractivity contribution is 5.94. The number of aliphatic imine (C=N–C) groups is 1. The van der Waals surface area contributed by atoms with Crippen LogP contribution in [-0.2, 0) is 0 Å². The van der Waals surface area contributed by atoms with Crippen molar-refractivity contribution < 1.29 is 4.39 Å². The van der Waals surface area contributed by atoms with Crippen LogP contribution in [0.4, 0.5) is 10.1 Å². The third-order valence-electron chi connectivity index (χ3n) is 2.23. The first kappa shape index (κ1) is 12.5. The molecule has 0 spiro atoms. The van der Waals surface area contributed by atoms with Crippen LogP contribution < -0.4 is 10.6 Å². The molecule has 1 aromatic rings. The molecule has 4 heteroatoms. The highest BCUT2D eigenvalue weighted by atomic mass is 19.1. The summed E-state index contributed by atoms with van der Waals surface area (Å²) < 4.78 is 12.8. The quantitative estimate of drug-likeness (QED) is 0.629. The summed E-state index contributed by atoms with van der Waals surface area (Å²) >= 11 is 0. The van der Waals surface area contributed by atoms with Gasteiger partial charge in [0.05, 0.1) is 0 Å². The summed E-state index contributed by atoms with van der Waals surface area (Å²) in [6.45, 7) is 5.46. The lowest BCUT2D eigenvalue weighted by atomic mass is 10.3. The molecule has 0 amide bonds. The van der Waals surface area contributed by atoms with Crippen molar-refractivity contribution in [3.05, 3.63) is 30.1 Å². The molecule has 0 atom stereocenters. The van der Waals surface area contributed by atoms with E-state index in [2.05, 4.69) is 4.99 Å². The van der Waals surface area contributed by atoms with Gasteiger partial charge < -0.3 is 10.6 Å². The van der Waals surface area contributed by atoms with Crippen molar-refractivity contribution >= 4 is 11.6 Å². The van der Waals surface area contributed by atoms with Crippen molar-refractivity contribution in [1.82, 2.24) is 0 Å². The summed E-state index contributed by atoms with van der Waals surface area (Å²) in [4.78, 5) is 6.10. The molecule has 1 aromatic carbocycles. The minimum absolute atomic E-state index is 0.246. The van der Waals surface area contributed by atoms with E-state index in [0.29, 0.717) is 19.0 Å². The SMILES string of the molecule is CCCN=C(N)N(CC)c1ccc(F)cc1. The Labute approximate surface area is 95.8 Å². The van der Waals surface area contributed by atoms with Gasteiger partial charge >= 0.3 is 0 Å². The Kier molecular flexibility index (Phi) is 4.76. The number of hydrogen-bond donors (Lipinski definition) is 1. The van der Waals surface area contributed by atoms with Gasteiger partial charge in [0.1, 0.15) is 5.82 Å². The molecular formula is C12H18FN3. The molecule has 0 aromatic heterocycles. The fourth-order valence-corrected chi connectivity index (χ4v) is 1.41. The van der Waals surface area contributed by atoms with E-state index in [-0.39, 0.29) is 5.82 Å². The minimum atomic E-state index is -0.246. The van der Waals surface area contributed by atoms with Crippen molar-refractivity contribution in [3.8, 4) is 0 Å². The molecule has 0 heterocycles. The molecule has 88 valence electrons. The number of rotatable bonds is 4. The predicted octanol–water partition coefficient (Wildman–Crippen LogP) is 2.38. The van der Waals surface area contributed by atoms with E-state index in [4.69, 9.17) is 5.73 Å². The summed E-state index contributed by atoms with van der Waals surface area (Å²) in [6.07, 6.45) is 0.960. The van der Waals surface area contributed by atoms with Crippen LogP contribution in [0.15, 0.2) is 29.3 Å². The zero-order valence-electron chi connectivity index (χ0n) is 9.78. The first-order chi connectivity index (χ1) is 7.69. The number of nitrogens with two attached hydrogens (primary N) is 1. The van der Waals surface area contributed by atoms with Gasteiger partial charge in [-0.1, -0.05) is 6.92 Å². The number of guanidine groups is 1. The second-order valence-electron chi connectivity index (χ2n) is 3.46. The molecule has 0 saturated carbocycles. The molecule has 16 heavy (non-hydrogen) atoms. The number of benzene rings is 1. The predicted molar refractivity (Wildman–Crippen MR) is 66.2 cm³/mol. The van der Waals surface area contributed by atoms with Crippen molar-refractivity contribution in [3.63, 3.8) is 0 Å². The lowest BCUT2D eigenvalue weighted by Gasteiger charge is -2.21. The summed E-state index contributed by atoms with van der Waals surface area (Å²) in [7, 11) is 0. The number of halogens is 1. The Bertz CT molecular complexity index is 346. The van der Waals surface area contributed by atoms with Gasteiger partial charge in [-0.25, -0.2) is 4.39 Å². The van der Waals surface area contributed by atoms with Crippen LogP contribution in [0.3, 0.4) is 0 Å². The highest BCUT2D eigenvalue weighted by Gasteiger charge is 2.07.